The van der Waals surface area contributed by atoms with Gasteiger partial charge in [0.2, 0.25) is 0 Å². The average Bonchev–Trinajstić information content (AvgIpc) is 2.29. The highest BCUT2D eigenvalue weighted by atomic mass is 32.2. The van der Waals surface area contributed by atoms with E-state index < -0.39 is 10.8 Å². The van der Waals surface area contributed by atoms with Gasteiger partial charge in [-0.2, -0.15) is 0 Å². The van der Waals surface area contributed by atoms with Crippen molar-refractivity contribution in [1.82, 2.24) is 5.32 Å². The van der Waals surface area contributed by atoms with Gasteiger partial charge in [-0.1, -0.05) is 26.7 Å². The van der Waals surface area contributed by atoms with Crippen LogP contribution in [-0.4, -0.2) is 28.3 Å². The van der Waals surface area contributed by atoms with Crippen molar-refractivity contribution in [3.05, 3.63) is 0 Å². The summed E-state index contributed by atoms with van der Waals surface area (Å²) in [7, 11) is -0.560. The summed E-state index contributed by atoms with van der Waals surface area (Å²) in [6.45, 7) is 7.70. The zero-order valence-corrected chi connectivity index (χ0v) is 12.1. The molecule has 0 aliphatic carbocycles. The largest absolute Gasteiger partial charge is 0.314 e. The summed E-state index contributed by atoms with van der Waals surface area (Å²) < 4.78 is 11.5. The fraction of sp³-hybridized carbons (Fsp3) is 1.00. The Balaban J connectivity index is 3.28. The van der Waals surface area contributed by atoms with Gasteiger partial charge in [0.15, 0.2) is 0 Å². The summed E-state index contributed by atoms with van der Waals surface area (Å²) in [4.78, 5) is 0. The van der Waals surface area contributed by atoms with Crippen molar-refractivity contribution in [2.45, 2.75) is 65.3 Å². The van der Waals surface area contributed by atoms with Gasteiger partial charge in [0.05, 0.1) is 0 Å². The number of unbranched alkanes of at least 4 members (excludes halogenated alkanes) is 2. The Hall–Kier alpha value is 0.110. The Morgan fingerprint density at radius 1 is 1.06 bits per heavy atom. The van der Waals surface area contributed by atoms with Gasteiger partial charge in [0.25, 0.3) is 0 Å². The molecule has 0 bridgehead atoms. The van der Waals surface area contributed by atoms with Gasteiger partial charge < -0.3 is 5.32 Å². The topological polar surface area (TPSA) is 29.1 Å². The fourth-order valence-corrected chi connectivity index (χ4v) is 2.95. The van der Waals surface area contributed by atoms with E-state index in [0.717, 1.165) is 37.3 Å². The minimum atomic E-state index is -0.560. The molecule has 0 saturated carbocycles. The Morgan fingerprint density at radius 2 is 1.75 bits per heavy atom. The molecule has 0 spiro atoms. The lowest BCUT2D eigenvalue weighted by molar-refractivity contribution is 0.495. The molecule has 2 atom stereocenters. The van der Waals surface area contributed by atoms with E-state index in [-0.39, 0.29) is 0 Å². The van der Waals surface area contributed by atoms with Crippen LogP contribution in [0.2, 0.25) is 0 Å². The second kappa shape index (κ2) is 11.6. The highest BCUT2D eigenvalue weighted by Gasteiger charge is 2.02. The SMILES string of the molecule is CCCCS(=O)CCCCC(C)NCCC. The Kier molecular flexibility index (Phi) is 11.7. The first kappa shape index (κ1) is 16.1. The van der Waals surface area contributed by atoms with Crippen LogP contribution < -0.4 is 5.32 Å². The number of hydrogen-bond donors (Lipinski definition) is 1. The highest BCUT2D eigenvalue weighted by molar-refractivity contribution is 7.84. The summed E-state index contributed by atoms with van der Waals surface area (Å²) in [5.74, 6) is 1.81. The quantitative estimate of drug-likeness (QED) is 0.568. The van der Waals surface area contributed by atoms with Crippen LogP contribution in [0, 0.1) is 0 Å². The van der Waals surface area contributed by atoms with E-state index in [9.17, 15) is 4.21 Å². The molecule has 0 fully saturated rings. The van der Waals surface area contributed by atoms with Crippen molar-refractivity contribution in [2.75, 3.05) is 18.1 Å². The maximum Gasteiger partial charge on any atom is 0.0234 e. The molecule has 3 heteroatoms. The van der Waals surface area contributed by atoms with Crippen LogP contribution in [0.15, 0.2) is 0 Å². The van der Waals surface area contributed by atoms with E-state index in [1.807, 2.05) is 0 Å². The molecule has 0 heterocycles. The van der Waals surface area contributed by atoms with Gasteiger partial charge in [0, 0.05) is 28.3 Å². The van der Waals surface area contributed by atoms with Crippen LogP contribution in [0.25, 0.3) is 0 Å². The minimum Gasteiger partial charge on any atom is -0.314 e. The van der Waals surface area contributed by atoms with E-state index in [1.54, 1.807) is 0 Å². The summed E-state index contributed by atoms with van der Waals surface area (Å²) in [6, 6.07) is 0.615. The third-order valence-corrected chi connectivity index (χ3v) is 4.22. The van der Waals surface area contributed by atoms with Gasteiger partial charge >= 0.3 is 0 Å². The molecule has 0 rings (SSSR count). The zero-order valence-electron chi connectivity index (χ0n) is 11.3. The first-order valence-corrected chi connectivity index (χ1v) is 8.27. The number of rotatable bonds is 11. The molecule has 0 aromatic heterocycles. The van der Waals surface area contributed by atoms with Gasteiger partial charge in [-0.15, -0.1) is 0 Å². The maximum atomic E-state index is 11.5. The van der Waals surface area contributed by atoms with E-state index >= 15 is 0 Å². The van der Waals surface area contributed by atoms with Gasteiger partial charge in [-0.25, -0.2) is 0 Å². The van der Waals surface area contributed by atoms with Crippen LogP contribution in [0.5, 0.6) is 0 Å². The molecule has 0 amide bonds. The van der Waals surface area contributed by atoms with Crippen LogP contribution in [0.3, 0.4) is 0 Å². The van der Waals surface area contributed by atoms with Crippen LogP contribution in [0.1, 0.15) is 59.3 Å². The average molecular weight is 247 g/mol. The smallest absolute Gasteiger partial charge is 0.0234 e. The molecule has 2 unspecified atom stereocenters. The van der Waals surface area contributed by atoms with Crippen molar-refractivity contribution >= 4 is 10.8 Å². The van der Waals surface area contributed by atoms with Crippen LogP contribution in [0.4, 0.5) is 0 Å². The van der Waals surface area contributed by atoms with Gasteiger partial charge in [-0.3, -0.25) is 4.21 Å². The fourth-order valence-electron chi connectivity index (χ4n) is 1.61. The molecule has 0 aliphatic heterocycles. The highest BCUT2D eigenvalue weighted by Crippen LogP contribution is 2.03. The lowest BCUT2D eigenvalue weighted by Crippen LogP contribution is -2.26. The van der Waals surface area contributed by atoms with Gasteiger partial charge in [-0.05, 0) is 39.2 Å². The Labute approximate surface area is 104 Å². The molecule has 98 valence electrons. The minimum absolute atomic E-state index is 0.560. The molecular weight excluding hydrogens is 218 g/mol. The number of nitrogens with one attached hydrogen (secondary N) is 1. The van der Waals surface area contributed by atoms with Crippen LogP contribution in [-0.2, 0) is 10.8 Å². The van der Waals surface area contributed by atoms with Crippen molar-refractivity contribution in [1.29, 1.82) is 0 Å². The molecule has 0 aromatic carbocycles. The van der Waals surface area contributed by atoms with Crippen LogP contribution >= 0.6 is 0 Å². The van der Waals surface area contributed by atoms with Crippen molar-refractivity contribution in [2.24, 2.45) is 0 Å². The Morgan fingerprint density at radius 3 is 2.38 bits per heavy atom. The Bertz CT molecular complexity index is 173. The first-order chi connectivity index (χ1) is 7.70. The lowest BCUT2D eigenvalue weighted by Gasteiger charge is -2.12. The van der Waals surface area contributed by atoms with E-state index in [2.05, 4.69) is 26.1 Å². The summed E-state index contributed by atoms with van der Waals surface area (Å²) in [5.41, 5.74) is 0. The molecule has 0 aliphatic rings. The van der Waals surface area contributed by atoms with Crippen molar-refractivity contribution in [3.8, 4) is 0 Å². The normalized spacial score (nSPS) is 14.9. The second-order valence-corrected chi connectivity index (χ2v) is 6.25. The monoisotopic (exact) mass is 247 g/mol. The molecule has 16 heavy (non-hydrogen) atoms. The molecule has 0 aromatic rings. The summed E-state index contributed by atoms with van der Waals surface area (Å²) >= 11 is 0. The van der Waals surface area contributed by atoms with E-state index in [4.69, 9.17) is 0 Å². The van der Waals surface area contributed by atoms with Crippen molar-refractivity contribution in [3.63, 3.8) is 0 Å². The molecule has 2 nitrogen and oxygen atoms in total. The van der Waals surface area contributed by atoms with E-state index in [1.165, 1.54) is 19.3 Å². The van der Waals surface area contributed by atoms with Crippen molar-refractivity contribution < 1.29 is 4.21 Å². The maximum absolute atomic E-state index is 11.5. The molecule has 0 saturated heterocycles. The molecule has 0 radical (unpaired) electrons. The van der Waals surface area contributed by atoms with Gasteiger partial charge in [0.1, 0.15) is 0 Å². The first-order valence-electron chi connectivity index (χ1n) is 6.79. The zero-order chi connectivity index (χ0) is 12.2. The van der Waals surface area contributed by atoms with E-state index in [0.29, 0.717) is 6.04 Å². The lowest BCUT2D eigenvalue weighted by atomic mass is 10.1. The third kappa shape index (κ3) is 10.6. The summed E-state index contributed by atoms with van der Waals surface area (Å²) in [5, 5.41) is 3.48. The summed E-state index contributed by atoms with van der Waals surface area (Å²) in [6.07, 6.45) is 7.01. The standard InChI is InChI=1S/C13H29NOS/c1-4-6-11-16(15)12-8-7-9-13(3)14-10-5-2/h13-14H,4-12H2,1-3H3. The molecule has 1 N–H and O–H groups in total. The molecular formula is C13H29NOS. The number of hydrogen-bond acceptors (Lipinski definition) is 2. The predicted molar refractivity (Wildman–Crippen MR) is 74.4 cm³/mol. The predicted octanol–water partition coefficient (Wildman–Crippen LogP) is 3.09. The third-order valence-electron chi connectivity index (χ3n) is 2.73. The second-order valence-electron chi connectivity index (χ2n) is 4.55.